The fourth-order valence-electron chi connectivity index (χ4n) is 3.59. The highest BCUT2D eigenvalue weighted by atomic mass is 35.5. The highest BCUT2D eigenvalue weighted by Crippen LogP contribution is 2.37. The summed E-state index contributed by atoms with van der Waals surface area (Å²) in [6.45, 7) is 3.92. The van der Waals surface area contributed by atoms with Gasteiger partial charge in [0.1, 0.15) is 5.75 Å². The number of rotatable bonds is 9. The molecule has 3 aromatic rings. The summed E-state index contributed by atoms with van der Waals surface area (Å²) in [5.41, 5.74) is 2.91. The molecule has 2 amide bonds. The lowest BCUT2D eigenvalue weighted by Gasteiger charge is -2.15. The molecule has 3 aromatic carbocycles. The second-order valence-corrected chi connectivity index (χ2v) is 10.2. The van der Waals surface area contributed by atoms with Gasteiger partial charge in [-0.05, 0) is 79.6 Å². The summed E-state index contributed by atoms with van der Waals surface area (Å²) in [7, 11) is 1.58. The van der Waals surface area contributed by atoms with E-state index in [0.717, 1.165) is 11.1 Å². The third-order valence-electron chi connectivity index (χ3n) is 5.50. The maximum atomic E-state index is 13.1. The fraction of sp³-hybridized carbons (Fsp3) is 0.179. The number of thiocarbonyl (C=S) groups is 1. The van der Waals surface area contributed by atoms with Crippen molar-refractivity contribution in [3.05, 3.63) is 81.7 Å². The molecular formula is C28H25ClN2O5S2. The van der Waals surface area contributed by atoms with E-state index in [-0.39, 0.29) is 18.4 Å². The van der Waals surface area contributed by atoms with E-state index >= 15 is 0 Å². The van der Waals surface area contributed by atoms with Crippen LogP contribution in [0.25, 0.3) is 6.08 Å². The molecule has 1 fully saturated rings. The Balaban J connectivity index is 1.46. The molecule has 0 bridgehead atoms. The van der Waals surface area contributed by atoms with Crippen molar-refractivity contribution >= 4 is 69.2 Å². The maximum absolute atomic E-state index is 13.1. The molecule has 1 saturated heterocycles. The van der Waals surface area contributed by atoms with E-state index in [1.807, 2.05) is 19.9 Å². The quantitative estimate of drug-likeness (QED) is 0.234. The monoisotopic (exact) mass is 568 g/mol. The van der Waals surface area contributed by atoms with Gasteiger partial charge in [-0.3, -0.25) is 14.5 Å². The SMILES string of the molecule is CCOc1cc(/C=C2\SC(=S)N(c3ccc(OC)cc3)C2=O)ccc1OCC(=O)Nc1ccc(C)c(Cl)c1. The van der Waals surface area contributed by atoms with Gasteiger partial charge in [0.2, 0.25) is 0 Å². The van der Waals surface area contributed by atoms with E-state index < -0.39 is 0 Å². The van der Waals surface area contributed by atoms with Crippen LogP contribution in [-0.4, -0.2) is 36.5 Å². The van der Waals surface area contributed by atoms with Crippen molar-refractivity contribution in [3.8, 4) is 17.2 Å². The van der Waals surface area contributed by atoms with Crippen molar-refractivity contribution in [2.45, 2.75) is 13.8 Å². The number of nitrogens with zero attached hydrogens (tertiary/aromatic N) is 1. The number of anilines is 2. The van der Waals surface area contributed by atoms with E-state index in [9.17, 15) is 9.59 Å². The van der Waals surface area contributed by atoms with Crippen molar-refractivity contribution in [1.82, 2.24) is 0 Å². The first kappa shape index (κ1) is 27.5. The van der Waals surface area contributed by atoms with Crippen LogP contribution in [0.5, 0.6) is 17.2 Å². The zero-order chi connectivity index (χ0) is 27.2. The van der Waals surface area contributed by atoms with Gasteiger partial charge in [0.15, 0.2) is 22.4 Å². The van der Waals surface area contributed by atoms with Crippen LogP contribution < -0.4 is 24.4 Å². The zero-order valence-electron chi connectivity index (χ0n) is 20.9. The molecule has 0 saturated carbocycles. The molecule has 0 aromatic heterocycles. The lowest BCUT2D eigenvalue weighted by atomic mass is 10.1. The van der Waals surface area contributed by atoms with Crippen LogP contribution in [0.15, 0.2) is 65.6 Å². The minimum atomic E-state index is -0.335. The third kappa shape index (κ3) is 6.48. The number of thioether (sulfide) groups is 1. The topological polar surface area (TPSA) is 77.1 Å². The van der Waals surface area contributed by atoms with Gasteiger partial charge in [0, 0.05) is 10.7 Å². The average molecular weight is 569 g/mol. The lowest BCUT2D eigenvalue weighted by molar-refractivity contribution is -0.118. The number of carbonyl (C=O) groups excluding carboxylic acids is 2. The Hall–Kier alpha value is -3.53. The molecule has 4 rings (SSSR count). The lowest BCUT2D eigenvalue weighted by Crippen LogP contribution is -2.27. The first-order valence-corrected chi connectivity index (χ1v) is 13.3. The summed E-state index contributed by atoms with van der Waals surface area (Å²) >= 11 is 12.8. The second kappa shape index (κ2) is 12.3. The Bertz CT molecular complexity index is 1410. The molecule has 1 heterocycles. The van der Waals surface area contributed by atoms with Crippen molar-refractivity contribution in [2.75, 3.05) is 30.5 Å². The number of amides is 2. The van der Waals surface area contributed by atoms with Crippen LogP contribution >= 0.6 is 35.6 Å². The van der Waals surface area contributed by atoms with Crippen LogP contribution in [0.1, 0.15) is 18.1 Å². The number of carbonyl (C=O) groups is 2. The molecule has 0 unspecified atom stereocenters. The number of halogens is 1. The number of methoxy groups -OCH3 is 1. The maximum Gasteiger partial charge on any atom is 0.270 e. The normalized spacial score (nSPS) is 14.1. The van der Waals surface area contributed by atoms with E-state index in [0.29, 0.717) is 49.5 Å². The van der Waals surface area contributed by atoms with Gasteiger partial charge in [-0.1, -0.05) is 47.7 Å². The Labute approximate surface area is 235 Å². The molecule has 196 valence electrons. The molecule has 1 aliphatic rings. The summed E-state index contributed by atoms with van der Waals surface area (Å²) < 4.78 is 17.1. The molecule has 0 atom stereocenters. The Morgan fingerprint density at radius 2 is 1.84 bits per heavy atom. The van der Waals surface area contributed by atoms with E-state index in [4.69, 9.17) is 38.0 Å². The van der Waals surface area contributed by atoms with Crippen molar-refractivity contribution in [2.24, 2.45) is 0 Å². The van der Waals surface area contributed by atoms with Crippen LogP contribution in [0, 0.1) is 6.92 Å². The molecule has 38 heavy (non-hydrogen) atoms. The van der Waals surface area contributed by atoms with Gasteiger partial charge in [0.05, 0.1) is 24.3 Å². The third-order valence-corrected chi connectivity index (χ3v) is 7.21. The van der Waals surface area contributed by atoms with E-state index in [1.165, 1.54) is 16.7 Å². The van der Waals surface area contributed by atoms with E-state index in [2.05, 4.69) is 5.32 Å². The van der Waals surface area contributed by atoms with E-state index in [1.54, 1.807) is 67.8 Å². The van der Waals surface area contributed by atoms with Crippen LogP contribution in [0.2, 0.25) is 5.02 Å². The number of ether oxygens (including phenoxy) is 3. The number of benzene rings is 3. The van der Waals surface area contributed by atoms with Gasteiger partial charge in [-0.15, -0.1) is 0 Å². The number of nitrogens with one attached hydrogen (secondary N) is 1. The van der Waals surface area contributed by atoms with Gasteiger partial charge in [-0.2, -0.15) is 0 Å². The largest absolute Gasteiger partial charge is 0.497 e. The molecule has 0 aliphatic carbocycles. The number of hydrogen-bond acceptors (Lipinski definition) is 7. The smallest absolute Gasteiger partial charge is 0.270 e. The Morgan fingerprint density at radius 3 is 2.53 bits per heavy atom. The van der Waals surface area contributed by atoms with Crippen molar-refractivity contribution in [3.63, 3.8) is 0 Å². The minimum absolute atomic E-state index is 0.212. The first-order chi connectivity index (χ1) is 18.3. The van der Waals surface area contributed by atoms with Crippen molar-refractivity contribution in [1.29, 1.82) is 0 Å². The molecular weight excluding hydrogens is 544 g/mol. The Kier molecular flexibility index (Phi) is 8.93. The minimum Gasteiger partial charge on any atom is -0.497 e. The average Bonchev–Trinajstić information content (AvgIpc) is 3.18. The predicted molar refractivity (Wildman–Crippen MR) is 157 cm³/mol. The predicted octanol–water partition coefficient (Wildman–Crippen LogP) is 6.48. The van der Waals surface area contributed by atoms with Crippen LogP contribution in [-0.2, 0) is 9.59 Å². The molecule has 0 spiro atoms. The van der Waals surface area contributed by atoms with Gasteiger partial charge in [0.25, 0.3) is 11.8 Å². The first-order valence-electron chi connectivity index (χ1n) is 11.7. The van der Waals surface area contributed by atoms with Gasteiger partial charge < -0.3 is 19.5 Å². The fourth-order valence-corrected chi connectivity index (χ4v) is 5.07. The molecule has 10 heteroatoms. The highest BCUT2D eigenvalue weighted by Gasteiger charge is 2.33. The highest BCUT2D eigenvalue weighted by molar-refractivity contribution is 8.27. The summed E-state index contributed by atoms with van der Waals surface area (Å²) in [4.78, 5) is 27.5. The van der Waals surface area contributed by atoms with Gasteiger partial charge in [-0.25, -0.2) is 0 Å². The summed E-state index contributed by atoms with van der Waals surface area (Å²) in [6.07, 6.45) is 1.75. The number of hydrogen-bond donors (Lipinski definition) is 1. The Morgan fingerprint density at radius 1 is 1.08 bits per heavy atom. The molecule has 7 nitrogen and oxygen atoms in total. The summed E-state index contributed by atoms with van der Waals surface area (Å²) in [5, 5.41) is 3.33. The van der Waals surface area contributed by atoms with Gasteiger partial charge >= 0.3 is 0 Å². The molecule has 1 aliphatic heterocycles. The van der Waals surface area contributed by atoms with Crippen LogP contribution in [0.3, 0.4) is 0 Å². The van der Waals surface area contributed by atoms with Crippen LogP contribution in [0.4, 0.5) is 11.4 Å². The summed E-state index contributed by atoms with van der Waals surface area (Å²) in [5.74, 6) is 1.01. The standard InChI is InChI=1S/C28H25ClN2O5S2/c1-4-35-24-13-18(6-12-23(24)36-16-26(32)30-19-7-5-17(2)22(29)15-19)14-25-27(33)31(28(37)38-25)20-8-10-21(34-3)11-9-20/h5-15H,4,16H2,1-3H3,(H,30,32)/b25-14-. The van der Waals surface area contributed by atoms with Crippen molar-refractivity contribution < 1.29 is 23.8 Å². The zero-order valence-corrected chi connectivity index (χ0v) is 23.3. The summed E-state index contributed by atoms with van der Waals surface area (Å²) in [6, 6.07) is 17.7. The second-order valence-electron chi connectivity index (χ2n) is 8.16. The number of aryl methyl sites for hydroxylation is 1. The molecule has 0 radical (unpaired) electrons. The molecule has 1 N–H and O–H groups in total.